The molecule has 0 aromatic heterocycles. The van der Waals surface area contributed by atoms with Crippen LogP contribution in [0.1, 0.15) is 35.3 Å². The van der Waals surface area contributed by atoms with Crippen molar-refractivity contribution in [2.75, 3.05) is 0 Å². The summed E-state index contributed by atoms with van der Waals surface area (Å²) in [4.78, 5) is 11.7. The Morgan fingerprint density at radius 3 is 2.48 bits per heavy atom. The lowest BCUT2D eigenvalue weighted by atomic mass is 9.97. The van der Waals surface area contributed by atoms with Crippen LogP contribution in [0.15, 0.2) is 53.4 Å². The molecule has 120 valence electrons. The second kappa shape index (κ2) is 5.91. The first kappa shape index (κ1) is 15.9. The molecule has 1 aliphatic heterocycles. The fourth-order valence-electron chi connectivity index (χ4n) is 2.99. The van der Waals surface area contributed by atoms with Crippen LogP contribution in [-0.4, -0.2) is 24.5 Å². The van der Waals surface area contributed by atoms with Gasteiger partial charge in [0.15, 0.2) is 5.78 Å². The number of fused-ring (bicyclic) bond motifs is 1. The Bertz CT molecular complexity index is 858. The van der Waals surface area contributed by atoms with Gasteiger partial charge in [-0.1, -0.05) is 36.4 Å². The van der Waals surface area contributed by atoms with E-state index in [0.717, 1.165) is 5.56 Å². The summed E-state index contributed by atoms with van der Waals surface area (Å²) in [5.74, 6) is -0.140. The average molecular weight is 329 g/mol. The molecule has 0 saturated carbocycles. The first-order valence-corrected chi connectivity index (χ1v) is 9.03. The highest BCUT2D eigenvalue weighted by molar-refractivity contribution is 7.89. The number of hydrogen-bond acceptors (Lipinski definition) is 3. The molecule has 1 atom stereocenters. The predicted octanol–water partition coefficient (Wildman–Crippen LogP) is 3.02. The number of benzene rings is 2. The van der Waals surface area contributed by atoms with Gasteiger partial charge in [-0.3, -0.25) is 4.79 Å². The summed E-state index contributed by atoms with van der Waals surface area (Å²) in [7, 11) is -3.63. The molecule has 0 fully saturated rings. The SMILES string of the molecule is CC(=O)c1cccc(S(=O)(=O)N2Cc3ccccc3CC2C)c1. The summed E-state index contributed by atoms with van der Waals surface area (Å²) in [6, 6.07) is 14.1. The van der Waals surface area contributed by atoms with Crippen LogP contribution in [0.5, 0.6) is 0 Å². The zero-order chi connectivity index (χ0) is 16.6. The van der Waals surface area contributed by atoms with E-state index in [2.05, 4.69) is 0 Å². The molecule has 0 aliphatic carbocycles. The summed E-state index contributed by atoms with van der Waals surface area (Å²) < 4.78 is 27.5. The van der Waals surface area contributed by atoms with E-state index in [1.54, 1.807) is 18.2 Å². The van der Waals surface area contributed by atoms with Gasteiger partial charge in [0.05, 0.1) is 4.90 Å². The fraction of sp³-hybridized carbons (Fsp3) is 0.278. The number of Topliss-reactive ketones (excluding diaryl/α,β-unsaturated/α-hetero) is 1. The van der Waals surface area contributed by atoms with E-state index >= 15 is 0 Å². The first-order valence-electron chi connectivity index (χ1n) is 7.59. The van der Waals surface area contributed by atoms with Gasteiger partial charge in [0.2, 0.25) is 10.0 Å². The second-order valence-corrected chi connectivity index (χ2v) is 7.85. The van der Waals surface area contributed by atoms with E-state index in [0.29, 0.717) is 18.5 Å². The molecule has 1 aliphatic rings. The van der Waals surface area contributed by atoms with Crippen LogP contribution < -0.4 is 0 Å². The van der Waals surface area contributed by atoms with Gasteiger partial charge in [0.25, 0.3) is 0 Å². The maximum Gasteiger partial charge on any atom is 0.243 e. The van der Waals surface area contributed by atoms with Crippen LogP contribution in [0.4, 0.5) is 0 Å². The van der Waals surface area contributed by atoms with Crippen molar-refractivity contribution in [3.05, 3.63) is 65.2 Å². The largest absolute Gasteiger partial charge is 0.295 e. The van der Waals surface area contributed by atoms with Crippen molar-refractivity contribution in [3.63, 3.8) is 0 Å². The number of carbonyl (C=O) groups is 1. The second-order valence-electron chi connectivity index (χ2n) is 5.96. The van der Waals surface area contributed by atoms with Gasteiger partial charge in [-0.15, -0.1) is 0 Å². The van der Waals surface area contributed by atoms with Crippen molar-refractivity contribution < 1.29 is 13.2 Å². The van der Waals surface area contributed by atoms with Gasteiger partial charge in [-0.25, -0.2) is 8.42 Å². The van der Waals surface area contributed by atoms with Crippen molar-refractivity contribution in [2.24, 2.45) is 0 Å². The highest BCUT2D eigenvalue weighted by Gasteiger charge is 2.33. The lowest BCUT2D eigenvalue weighted by Gasteiger charge is -2.33. The normalized spacial score (nSPS) is 18.4. The molecule has 0 saturated heterocycles. The van der Waals surface area contributed by atoms with Crippen molar-refractivity contribution in [1.29, 1.82) is 0 Å². The third-order valence-corrected chi connectivity index (χ3v) is 6.25. The van der Waals surface area contributed by atoms with Gasteiger partial charge < -0.3 is 0 Å². The van der Waals surface area contributed by atoms with Gasteiger partial charge in [0, 0.05) is 18.2 Å². The highest BCUT2D eigenvalue weighted by atomic mass is 32.2. The van der Waals surface area contributed by atoms with E-state index in [4.69, 9.17) is 0 Å². The van der Waals surface area contributed by atoms with Crippen LogP contribution in [-0.2, 0) is 23.0 Å². The van der Waals surface area contributed by atoms with Crippen LogP contribution >= 0.6 is 0 Å². The Kier molecular flexibility index (Phi) is 4.08. The maximum absolute atomic E-state index is 13.0. The molecule has 1 unspecified atom stereocenters. The molecule has 4 nitrogen and oxygen atoms in total. The minimum Gasteiger partial charge on any atom is -0.295 e. The predicted molar refractivity (Wildman–Crippen MR) is 88.8 cm³/mol. The van der Waals surface area contributed by atoms with Crippen LogP contribution in [0.3, 0.4) is 0 Å². The maximum atomic E-state index is 13.0. The molecule has 3 rings (SSSR count). The lowest BCUT2D eigenvalue weighted by molar-refractivity contribution is 0.101. The summed E-state index contributed by atoms with van der Waals surface area (Å²) in [5.41, 5.74) is 2.65. The topological polar surface area (TPSA) is 54.5 Å². The van der Waals surface area contributed by atoms with Crippen LogP contribution in [0, 0.1) is 0 Å². The number of hydrogen-bond donors (Lipinski definition) is 0. The Morgan fingerprint density at radius 2 is 1.78 bits per heavy atom. The molecule has 23 heavy (non-hydrogen) atoms. The van der Waals surface area contributed by atoms with Crippen molar-refractivity contribution >= 4 is 15.8 Å². The van der Waals surface area contributed by atoms with E-state index in [-0.39, 0.29) is 16.7 Å². The molecular weight excluding hydrogens is 310 g/mol. The van der Waals surface area contributed by atoms with Crippen molar-refractivity contribution in [3.8, 4) is 0 Å². The van der Waals surface area contributed by atoms with E-state index in [9.17, 15) is 13.2 Å². The van der Waals surface area contributed by atoms with Gasteiger partial charge in [0.1, 0.15) is 0 Å². The fourth-order valence-corrected chi connectivity index (χ4v) is 4.64. The molecule has 0 amide bonds. The van der Waals surface area contributed by atoms with Crippen LogP contribution in [0.25, 0.3) is 0 Å². The molecule has 0 radical (unpaired) electrons. The summed E-state index contributed by atoms with van der Waals surface area (Å²) in [6.07, 6.45) is 0.696. The van der Waals surface area contributed by atoms with Crippen LogP contribution in [0.2, 0.25) is 0 Å². The molecule has 2 aromatic rings. The minimum atomic E-state index is -3.63. The van der Waals surface area contributed by atoms with E-state index < -0.39 is 10.0 Å². The molecule has 1 heterocycles. The number of carbonyl (C=O) groups excluding carboxylic acids is 1. The number of sulfonamides is 1. The average Bonchev–Trinajstić information content (AvgIpc) is 2.54. The van der Waals surface area contributed by atoms with Crippen molar-refractivity contribution in [2.45, 2.75) is 37.8 Å². The Labute approximate surface area is 136 Å². The molecule has 0 N–H and O–H groups in total. The standard InChI is InChI=1S/C18H19NO3S/c1-13-10-16-6-3-4-7-17(16)12-19(13)23(21,22)18-9-5-8-15(11-18)14(2)20/h3-9,11,13H,10,12H2,1-2H3. The summed E-state index contributed by atoms with van der Waals surface area (Å²) >= 11 is 0. The third kappa shape index (κ3) is 2.94. The zero-order valence-electron chi connectivity index (χ0n) is 13.2. The monoisotopic (exact) mass is 329 g/mol. The smallest absolute Gasteiger partial charge is 0.243 e. The molecule has 0 bridgehead atoms. The van der Waals surface area contributed by atoms with Crippen molar-refractivity contribution in [1.82, 2.24) is 4.31 Å². The molecular formula is C18H19NO3S. The molecule has 5 heteroatoms. The number of nitrogens with zero attached hydrogens (tertiary/aromatic N) is 1. The Hall–Kier alpha value is -1.98. The van der Waals surface area contributed by atoms with Gasteiger partial charge >= 0.3 is 0 Å². The van der Waals surface area contributed by atoms with E-state index in [1.807, 2.05) is 31.2 Å². The number of ketones is 1. The van der Waals surface area contributed by atoms with Gasteiger partial charge in [-0.05, 0) is 43.5 Å². The third-order valence-electron chi connectivity index (χ3n) is 4.30. The summed E-state index contributed by atoms with van der Waals surface area (Å²) in [5, 5.41) is 0. The molecule has 2 aromatic carbocycles. The summed E-state index contributed by atoms with van der Waals surface area (Å²) in [6.45, 7) is 3.72. The quantitative estimate of drug-likeness (QED) is 0.813. The minimum absolute atomic E-state index is 0.115. The highest BCUT2D eigenvalue weighted by Crippen LogP contribution is 2.29. The molecule has 0 spiro atoms. The lowest BCUT2D eigenvalue weighted by Crippen LogP contribution is -2.42. The Balaban J connectivity index is 2.00. The zero-order valence-corrected chi connectivity index (χ0v) is 14.0. The van der Waals surface area contributed by atoms with E-state index in [1.165, 1.54) is 22.9 Å². The van der Waals surface area contributed by atoms with Gasteiger partial charge in [-0.2, -0.15) is 4.31 Å². The first-order chi connectivity index (χ1) is 10.9. The number of rotatable bonds is 3. The Morgan fingerprint density at radius 1 is 1.09 bits per heavy atom.